The van der Waals surface area contributed by atoms with Crippen LogP contribution in [0.25, 0.3) is 5.57 Å². The van der Waals surface area contributed by atoms with Gasteiger partial charge in [0, 0.05) is 24.5 Å². The molecular formula is C20H20F2N4O2. The highest BCUT2D eigenvalue weighted by molar-refractivity contribution is 6.12. The summed E-state index contributed by atoms with van der Waals surface area (Å²) in [6.45, 7) is 5.47. The molecule has 0 radical (unpaired) electrons. The number of carbonyl (C=O) groups is 2. The van der Waals surface area contributed by atoms with E-state index in [0.717, 1.165) is 18.3 Å². The number of aromatic nitrogens is 1. The van der Waals surface area contributed by atoms with Crippen LogP contribution >= 0.6 is 0 Å². The van der Waals surface area contributed by atoms with Crippen molar-refractivity contribution >= 4 is 17.3 Å². The molecule has 0 saturated carbocycles. The van der Waals surface area contributed by atoms with E-state index in [0.29, 0.717) is 22.5 Å². The average Bonchev–Trinajstić information content (AvgIpc) is 3.15. The Labute approximate surface area is 160 Å². The van der Waals surface area contributed by atoms with E-state index >= 15 is 0 Å². The third-order valence-corrected chi connectivity index (χ3v) is 3.98. The Balaban J connectivity index is 2.37. The number of allylic oxidation sites excluding steroid dienone is 4. The number of Topliss-reactive ketones (excluding diaryl/α,β-unsaturated/α-hetero) is 1. The maximum Gasteiger partial charge on any atom is 0.267 e. The number of carbonyl (C=O) groups excluding carboxylic acids is 2. The van der Waals surface area contributed by atoms with Crippen LogP contribution in [0.5, 0.6) is 0 Å². The lowest BCUT2D eigenvalue weighted by Crippen LogP contribution is -2.19. The van der Waals surface area contributed by atoms with E-state index < -0.39 is 23.0 Å². The van der Waals surface area contributed by atoms with Gasteiger partial charge in [0.1, 0.15) is 17.3 Å². The first-order valence-electron chi connectivity index (χ1n) is 8.24. The van der Waals surface area contributed by atoms with Crippen LogP contribution in [-0.2, 0) is 0 Å². The van der Waals surface area contributed by atoms with Crippen LogP contribution in [-0.4, -0.2) is 23.7 Å². The number of nitrogens with two attached hydrogens (primary N) is 1. The lowest BCUT2D eigenvalue weighted by Gasteiger charge is -2.10. The van der Waals surface area contributed by atoms with E-state index in [9.17, 15) is 18.4 Å². The zero-order valence-corrected chi connectivity index (χ0v) is 15.4. The van der Waals surface area contributed by atoms with Crippen LogP contribution in [0.4, 0.5) is 8.78 Å². The van der Waals surface area contributed by atoms with Gasteiger partial charge in [0.25, 0.3) is 5.91 Å². The fourth-order valence-corrected chi connectivity index (χ4v) is 2.56. The van der Waals surface area contributed by atoms with E-state index in [-0.39, 0.29) is 11.5 Å². The summed E-state index contributed by atoms with van der Waals surface area (Å²) in [6, 6.07) is 6.41. The van der Waals surface area contributed by atoms with Gasteiger partial charge in [-0.1, -0.05) is 12.6 Å². The van der Waals surface area contributed by atoms with E-state index in [1.807, 2.05) is 0 Å². The molecule has 0 aliphatic heterocycles. The molecule has 5 N–H and O–H groups in total. The zero-order chi connectivity index (χ0) is 20.8. The first-order valence-corrected chi connectivity index (χ1v) is 8.24. The molecule has 1 aromatic heterocycles. The number of ketones is 1. The Bertz CT molecular complexity index is 970. The van der Waals surface area contributed by atoms with Gasteiger partial charge in [0.05, 0.1) is 5.56 Å². The molecule has 0 aliphatic rings. The van der Waals surface area contributed by atoms with Gasteiger partial charge >= 0.3 is 0 Å². The number of halogens is 2. The quantitative estimate of drug-likeness (QED) is 0.193. The molecule has 146 valence electrons. The Hall–Kier alpha value is -3.52. The van der Waals surface area contributed by atoms with Crippen LogP contribution in [0.2, 0.25) is 0 Å². The van der Waals surface area contributed by atoms with Crippen LogP contribution in [0, 0.1) is 11.6 Å². The summed E-state index contributed by atoms with van der Waals surface area (Å²) >= 11 is 0. The molecule has 0 unspecified atom stereocenters. The number of hydrogen-bond acceptors (Lipinski definition) is 4. The molecule has 28 heavy (non-hydrogen) atoms. The topological polar surface area (TPSA) is 100 Å². The van der Waals surface area contributed by atoms with Gasteiger partial charge < -0.3 is 15.7 Å². The second kappa shape index (κ2) is 8.92. The first kappa shape index (κ1) is 20.8. The number of benzene rings is 1. The minimum Gasteiger partial charge on any atom is -0.354 e. The SMILES string of the molecule is C=C(/C=C(C)/C(=C\NN)C(=O)c1c(F)cccc1F)c1ccc(C(=O)NC)[nH]1. The van der Waals surface area contributed by atoms with E-state index in [2.05, 4.69) is 22.3 Å². The monoisotopic (exact) mass is 386 g/mol. The highest BCUT2D eigenvalue weighted by Gasteiger charge is 2.22. The average molecular weight is 386 g/mol. The van der Waals surface area contributed by atoms with Crippen molar-refractivity contribution < 1.29 is 18.4 Å². The molecule has 1 aromatic carbocycles. The number of aromatic amines is 1. The number of amides is 1. The van der Waals surface area contributed by atoms with E-state index in [1.54, 1.807) is 25.1 Å². The molecule has 1 amide bonds. The maximum atomic E-state index is 14.0. The summed E-state index contributed by atoms with van der Waals surface area (Å²) in [5, 5.41) is 2.49. The van der Waals surface area contributed by atoms with Crippen molar-refractivity contribution in [2.75, 3.05) is 7.05 Å². The zero-order valence-electron chi connectivity index (χ0n) is 15.4. The number of H-pyrrole nitrogens is 1. The summed E-state index contributed by atoms with van der Waals surface area (Å²) < 4.78 is 28.0. The largest absolute Gasteiger partial charge is 0.354 e. The smallest absolute Gasteiger partial charge is 0.267 e. The van der Waals surface area contributed by atoms with Crippen LogP contribution in [0.3, 0.4) is 0 Å². The predicted molar refractivity (Wildman–Crippen MR) is 103 cm³/mol. The molecule has 0 aliphatic carbocycles. The van der Waals surface area contributed by atoms with Gasteiger partial charge in [0.15, 0.2) is 0 Å². The highest BCUT2D eigenvalue weighted by Crippen LogP contribution is 2.23. The van der Waals surface area contributed by atoms with Crippen molar-refractivity contribution in [1.29, 1.82) is 0 Å². The van der Waals surface area contributed by atoms with Gasteiger partial charge in [-0.15, -0.1) is 0 Å². The lowest BCUT2D eigenvalue weighted by molar-refractivity contribution is 0.0957. The van der Waals surface area contributed by atoms with E-state index in [1.165, 1.54) is 13.1 Å². The van der Waals surface area contributed by atoms with Crippen LogP contribution < -0.4 is 16.6 Å². The molecule has 2 rings (SSSR count). The fourth-order valence-electron chi connectivity index (χ4n) is 2.56. The van der Waals surface area contributed by atoms with Crippen molar-refractivity contribution in [3.05, 3.63) is 88.9 Å². The summed E-state index contributed by atoms with van der Waals surface area (Å²) in [4.78, 5) is 27.2. The Morgan fingerprint density at radius 3 is 2.32 bits per heavy atom. The van der Waals surface area contributed by atoms with Crippen molar-refractivity contribution in [3.63, 3.8) is 0 Å². The number of nitrogens with one attached hydrogen (secondary N) is 3. The second-order valence-corrected chi connectivity index (χ2v) is 5.87. The fraction of sp³-hybridized carbons (Fsp3) is 0.100. The third-order valence-electron chi connectivity index (χ3n) is 3.98. The molecule has 2 aromatic rings. The first-order chi connectivity index (χ1) is 13.3. The molecule has 1 heterocycles. The molecular weight excluding hydrogens is 366 g/mol. The summed E-state index contributed by atoms with van der Waals surface area (Å²) in [6.07, 6.45) is 2.69. The van der Waals surface area contributed by atoms with Gasteiger partial charge in [-0.3, -0.25) is 15.4 Å². The molecule has 6 nitrogen and oxygen atoms in total. The summed E-state index contributed by atoms with van der Waals surface area (Å²) in [7, 11) is 1.51. The number of hydrazine groups is 1. The van der Waals surface area contributed by atoms with Gasteiger partial charge in [-0.25, -0.2) is 8.78 Å². The minimum absolute atomic E-state index is 0.0364. The predicted octanol–water partition coefficient (Wildman–Crippen LogP) is 2.84. The lowest BCUT2D eigenvalue weighted by atomic mass is 9.96. The summed E-state index contributed by atoms with van der Waals surface area (Å²) in [5.41, 5.74) is 3.21. The molecule has 0 spiro atoms. The van der Waals surface area contributed by atoms with Crippen molar-refractivity contribution in [1.82, 2.24) is 15.7 Å². The normalized spacial score (nSPS) is 11.9. The standard InChI is InChI=1S/C20H20F2N4O2/c1-11(9-12(2)16-7-8-17(26-16)20(28)24-3)13(10-25-23)19(27)18-14(21)5-4-6-15(18)22/h4-10,25-26H,2,23H2,1,3H3,(H,24,28)/b11-9+,13-10+. The van der Waals surface area contributed by atoms with E-state index in [4.69, 9.17) is 5.84 Å². The Morgan fingerprint density at radius 1 is 1.14 bits per heavy atom. The van der Waals surface area contributed by atoms with Gasteiger partial charge in [-0.05, 0) is 48.4 Å². The van der Waals surface area contributed by atoms with Crippen molar-refractivity contribution in [3.8, 4) is 0 Å². The van der Waals surface area contributed by atoms with Crippen LogP contribution in [0.1, 0.15) is 33.5 Å². The Kier molecular flexibility index (Phi) is 6.62. The molecule has 0 fully saturated rings. The van der Waals surface area contributed by atoms with Gasteiger partial charge in [-0.2, -0.15) is 0 Å². The number of rotatable bonds is 7. The van der Waals surface area contributed by atoms with Gasteiger partial charge in [0.2, 0.25) is 5.78 Å². The van der Waals surface area contributed by atoms with Crippen LogP contribution in [0.15, 0.2) is 60.3 Å². The Morgan fingerprint density at radius 2 is 1.75 bits per heavy atom. The molecule has 0 atom stereocenters. The highest BCUT2D eigenvalue weighted by atomic mass is 19.1. The third kappa shape index (κ3) is 4.41. The summed E-state index contributed by atoms with van der Waals surface area (Å²) in [5.74, 6) is 2.18. The van der Waals surface area contributed by atoms with Crippen molar-refractivity contribution in [2.24, 2.45) is 5.84 Å². The molecule has 0 bridgehead atoms. The number of hydrogen-bond donors (Lipinski definition) is 4. The maximum absolute atomic E-state index is 14.0. The molecule has 8 heteroatoms. The molecule has 0 saturated heterocycles. The second-order valence-electron chi connectivity index (χ2n) is 5.87. The minimum atomic E-state index is -0.973. The van der Waals surface area contributed by atoms with Crippen molar-refractivity contribution in [2.45, 2.75) is 6.92 Å².